The number of carbonyl (C=O) groups is 1. The monoisotopic (exact) mass is 440 g/mol. The molecule has 0 saturated carbocycles. The van der Waals surface area contributed by atoms with Crippen molar-refractivity contribution in [3.8, 4) is 17.5 Å². The van der Waals surface area contributed by atoms with E-state index in [1.54, 1.807) is 18.1 Å². The molecule has 168 valence electrons. The average Bonchev–Trinajstić information content (AvgIpc) is 3.15. The molecular weight excluding hydrogens is 412 g/mol. The molecule has 1 saturated heterocycles. The predicted octanol–water partition coefficient (Wildman–Crippen LogP) is 4.36. The van der Waals surface area contributed by atoms with Crippen molar-refractivity contribution in [2.24, 2.45) is 0 Å². The summed E-state index contributed by atoms with van der Waals surface area (Å²) < 4.78 is 7.37. The lowest BCUT2D eigenvalue weighted by Crippen LogP contribution is -2.49. The minimum atomic E-state index is -0.209. The number of ether oxygens (including phenoxy) is 1. The first-order valence-electron chi connectivity index (χ1n) is 11.1. The Morgan fingerprint density at radius 2 is 1.64 bits per heavy atom. The van der Waals surface area contributed by atoms with Crippen LogP contribution in [0.25, 0.3) is 11.8 Å². The summed E-state index contributed by atoms with van der Waals surface area (Å²) in [6.45, 7) is 6.71. The number of aryl methyl sites for hydroxylation is 1. The third-order valence-corrected chi connectivity index (χ3v) is 6.14. The number of hydrogen-bond donors (Lipinski definition) is 0. The van der Waals surface area contributed by atoms with Gasteiger partial charge in [0, 0.05) is 48.9 Å². The number of amides is 1. The third-order valence-electron chi connectivity index (χ3n) is 6.14. The minimum absolute atomic E-state index is 0.165. The number of aromatic nitrogens is 1. The molecule has 1 amide bonds. The van der Waals surface area contributed by atoms with E-state index in [1.165, 1.54) is 0 Å². The molecule has 3 aromatic rings. The lowest BCUT2D eigenvalue weighted by molar-refractivity contribution is -0.126. The van der Waals surface area contributed by atoms with Gasteiger partial charge in [-0.25, -0.2) is 0 Å². The quantitative estimate of drug-likeness (QED) is 0.437. The molecule has 1 aliphatic heterocycles. The molecule has 2 aromatic carbocycles. The highest BCUT2D eigenvalue weighted by Gasteiger charge is 2.24. The molecule has 0 unspecified atom stereocenters. The molecule has 1 fully saturated rings. The van der Waals surface area contributed by atoms with Gasteiger partial charge in [0.2, 0.25) is 0 Å². The number of nitrogens with zero attached hydrogens (tertiary/aromatic N) is 4. The zero-order chi connectivity index (χ0) is 23.4. The van der Waals surface area contributed by atoms with Crippen LogP contribution in [0, 0.1) is 25.2 Å². The van der Waals surface area contributed by atoms with Crippen LogP contribution in [0.15, 0.2) is 66.2 Å². The summed E-state index contributed by atoms with van der Waals surface area (Å²) in [5.74, 6) is 0.588. The van der Waals surface area contributed by atoms with Crippen molar-refractivity contribution >= 4 is 17.7 Å². The number of para-hydroxylation sites is 1. The van der Waals surface area contributed by atoms with Gasteiger partial charge in [-0.3, -0.25) is 4.79 Å². The highest BCUT2D eigenvalue weighted by Crippen LogP contribution is 2.25. The first-order chi connectivity index (χ1) is 16.0. The van der Waals surface area contributed by atoms with Crippen LogP contribution in [-0.2, 0) is 4.79 Å². The van der Waals surface area contributed by atoms with Gasteiger partial charge in [0.1, 0.15) is 17.4 Å². The summed E-state index contributed by atoms with van der Waals surface area (Å²) in [4.78, 5) is 17.2. The SMILES string of the molecule is COc1ccc(-n2c(C)cc(/C=C(\C#N)C(=O)N3CCN(c4ccccc4)CC3)c2C)cc1. The zero-order valence-corrected chi connectivity index (χ0v) is 19.3. The molecule has 2 heterocycles. The van der Waals surface area contributed by atoms with E-state index in [0.29, 0.717) is 13.1 Å². The highest BCUT2D eigenvalue weighted by atomic mass is 16.5. The van der Waals surface area contributed by atoms with E-state index in [4.69, 9.17) is 4.74 Å². The van der Waals surface area contributed by atoms with E-state index in [-0.39, 0.29) is 11.5 Å². The van der Waals surface area contributed by atoms with Gasteiger partial charge in [-0.15, -0.1) is 0 Å². The van der Waals surface area contributed by atoms with Crippen LogP contribution in [0.2, 0.25) is 0 Å². The lowest BCUT2D eigenvalue weighted by atomic mass is 10.1. The van der Waals surface area contributed by atoms with Crippen molar-refractivity contribution in [3.63, 3.8) is 0 Å². The van der Waals surface area contributed by atoms with Gasteiger partial charge in [0.25, 0.3) is 5.91 Å². The molecule has 1 aromatic heterocycles. The van der Waals surface area contributed by atoms with Crippen molar-refractivity contribution in [2.45, 2.75) is 13.8 Å². The van der Waals surface area contributed by atoms with Gasteiger partial charge in [-0.1, -0.05) is 18.2 Å². The number of carbonyl (C=O) groups excluding carboxylic acids is 1. The van der Waals surface area contributed by atoms with E-state index in [2.05, 4.69) is 27.7 Å². The van der Waals surface area contributed by atoms with Crippen LogP contribution in [0.4, 0.5) is 5.69 Å². The number of benzene rings is 2. The largest absolute Gasteiger partial charge is 0.497 e. The van der Waals surface area contributed by atoms with Crippen molar-refractivity contribution in [1.82, 2.24) is 9.47 Å². The number of piperazine rings is 1. The lowest BCUT2D eigenvalue weighted by Gasteiger charge is -2.36. The Hall–Kier alpha value is -3.98. The molecule has 0 atom stereocenters. The van der Waals surface area contributed by atoms with Crippen LogP contribution in [0.1, 0.15) is 17.0 Å². The first-order valence-corrected chi connectivity index (χ1v) is 11.1. The maximum atomic E-state index is 13.1. The smallest absolute Gasteiger partial charge is 0.264 e. The molecule has 6 nitrogen and oxygen atoms in total. The second-order valence-corrected chi connectivity index (χ2v) is 8.14. The van der Waals surface area contributed by atoms with Crippen molar-refractivity contribution < 1.29 is 9.53 Å². The number of rotatable bonds is 5. The molecule has 0 radical (unpaired) electrons. The Morgan fingerprint density at radius 3 is 2.24 bits per heavy atom. The maximum absolute atomic E-state index is 13.1. The van der Waals surface area contributed by atoms with Gasteiger partial charge in [-0.2, -0.15) is 5.26 Å². The third kappa shape index (κ3) is 4.63. The molecule has 0 spiro atoms. The molecule has 1 aliphatic rings. The second-order valence-electron chi connectivity index (χ2n) is 8.14. The summed E-state index contributed by atoms with van der Waals surface area (Å²) in [5, 5.41) is 9.76. The van der Waals surface area contributed by atoms with Crippen LogP contribution >= 0.6 is 0 Å². The summed E-state index contributed by atoms with van der Waals surface area (Å²) in [5.41, 5.74) is 5.21. The fourth-order valence-electron chi connectivity index (χ4n) is 4.34. The Balaban J connectivity index is 1.52. The topological polar surface area (TPSA) is 61.5 Å². The van der Waals surface area contributed by atoms with Gasteiger partial charge in [0.15, 0.2) is 0 Å². The molecular formula is C27H28N4O2. The Morgan fingerprint density at radius 1 is 0.970 bits per heavy atom. The average molecular weight is 441 g/mol. The van der Waals surface area contributed by atoms with E-state index in [1.807, 2.05) is 62.4 Å². The predicted molar refractivity (Wildman–Crippen MR) is 131 cm³/mol. The maximum Gasteiger partial charge on any atom is 0.264 e. The van der Waals surface area contributed by atoms with E-state index >= 15 is 0 Å². The van der Waals surface area contributed by atoms with Crippen molar-refractivity contribution in [3.05, 3.63) is 83.2 Å². The highest BCUT2D eigenvalue weighted by molar-refractivity contribution is 6.02. The second kappa shape index (κ2) is 9.66. The van der Waals surface area contributed by atoms with E-state index in [9.17, 15) is 10.1 Å². The van der Waals surface area contributed by atoms with Crippen LogP contribution in [0.3, 0.4) is 0 Å². The summed E-state index contributed by atoms with van der Waals surface area (Å²) in [6, 6.07) is 22.2. The normalized spacial score (nSPS) is 14.2. The molecule has 0 aliphatic carbocycles. The van der Waals surface area contributed by atoms with Gasteiger partial charge < -0.3 is 19.1 Å². The standard InChI is InChI=1S/C27H28N4O2/c1-20-17-22(21(2)31(20)25-9-11-26(33-3)12-10-25)18-23(19-28)27(32)30-15-13-29(14-16-30)24-7-5-4-6-8-24/h4-12,17-18H,13-16H2,1-3H3/b23-18+. The molecule has 0 bridgehead atoms. The van der Waals surface area contributed by atoms with E-state index in [0.717, 1.165) is 47.2 Å². The van der Waals surface area contributed by atoms with Gasteiger partial charge in [0.05, 0.1) is 7.11 Å². The van der Waals surface area contributed by atoms with E-state index < -0.39 is 0 Å². The Labute approximate surface area is 194 Å². The number of anilines is 1. The fraction of sp³-hybridized carbons (Fsp3) is 0.259. The van der Waals surface area contributed by atoms with Crippen molar-refractivity contribution in [2.75, 3.05) is 38.2 Å². The Kier molecular flexibility index (Phi) is 6.50. The number of methoxy groups -OCH3 is 1. The van der Waals surface area contributed by atoms with Crippen LogP contribution in [-0.4, -0.2) is 48.7 Å². The number of nitriles is 1. The van der Waals surface area contributed by atoms with Crippen LogP contribution in [0.5, 0.6) is 5.75 Å². The first kappa shape index (κ1) is 22.2. The summed E-state index contributed by atoms with van der Waals surface area (Å²) >= 11 is 0. The van der Waals surface area contributed by atoms with Gasteiger partial charge >= 0.3 is 0 Å². The Bertz CT molecular complexity index is 1200. The molecule has 6 heteroatoms. The summed E-state index contributed by atoms with van der Waals surface area (Å²) in [6.07, 6.45) is 1.72. The fourth-order valence-corrected chi connectivity index (χ4v) is 4.34. The molecule has 4 rings (SSSR count). The minimum Gasteiger partial charge on any atom is -0.497 e. The van der Waals surface area contributed by atoms with Gasteiger partial charge in [-0.05, 0) is 68.0 Å². The van der Waals surface area contributed by atoms with Crippen molar-refractivity contribution in [1.29, 1.82) is 5.26 Å². The molecule has 0 N–H and O–H groups in total. The molecule has 33 heavy (non-hydrogen) atoms. The number of hydrogen-bond acceptors (Lipinski definition) is 4. The van der Waals surface area contributed by atoms with Crippen LogP contribution < -0.4 is 9.64 Å². The summed E-state index contributed by atoms with van der Waals surface area (Å²) in [7, 11) is 1.64. The zero-order valence-electron chi connectivity index (χ0n) is 19.3.